The number of rotatable bonds is 11. The van der Waals surface area contributed by atoms with Crippen molar-refractivity contribution < 1.29 is 38.3 Å². The van der Waals surface area contributed by atoms with Crippen LogP contribution in [0.25, 0.3) is 0 Å². The molecule has 2 aromatic carbocycles. The van der Waals surface area contributed by atoms with Crippen LogP contribution in [-0.2, 0) is 19.1 Å². The van der Waals surface area contributed by atoms with E-state index in [4.69, 9.17) is 51.1 Å². The smallest absolute Gasteiger partial charge is 0.303 e. The molecule has 45 heavy (non-hydrogen) atoms. The number of esters is 1. The second-order valence-corrected chi connectivity index (χ2v) is 16.5. The highest BCUT2D eigenvalue weighted by atomic mass is 127. The molecule has 0 aromatic heterocycles. The van der Waals surface area contributed by atoms with E-state index in [0.717, 1.165) is 6.92 Å². The van der Waals surface area contributed by atoms with Crippen molar-refractivity contribution in [2.45, 2.75) is 26.9 Å². The number of hydrogen-bond donors (Lipinski definition) is 0. The Kier molecular flexibility index (Phi) is 16.7. The van der Waals surface area contributed by atoms with Crippen molar-refractivity contribution in [3.63, 3.8) is 0 Å². The van der Waals surface area contributed by atoms with Crippen LogP contribution in [0.4, 0.5) is 11.4 Å². The maximum Gasteiger partial charge on any atom is 0.303 e. The lowest BCUT2D eigenvalue weighted by molar-refractivity contribution is -0.146. The Morgan fingerprint density at radius 2 is 0.778 bits per heavy atom. The third kappa shape index (κ3) is 9.65. The van der Waals surface area contributed by atoms with Crippen LogP contribution in [0.2, 0.25) is 0 Å². The van der Waals surface area contributed by atoms with Crippen molar-refractivity contribution in [2.24, 2.45) is 0 Å². The van der Waals surface area contributed by atoms with E-state index in [-0.39, 0.29) is 68.1 Å². The molecule has 0 aliphatic carbocycles. The van der Waals surface area contributed by atoms with E-state index in [0.29, 0.717) is 0 Å². The molecule has 242 valence electrons. The number of halogens is 10. The molecule has 0 heterocycles. The first kappa shape index (κ1) is 42.2. The molecule has 0 bridgehead atoms. The van der Waals surface area contributed by atoms with Crippen LogP contribution in [-0.4, -0.2) is 57.9 Å². The number of carbonyl (C=O) groups is 7. The zero-order valence-electron chi connectivity index (χ0n) is 22.4. The van der Waals surface area contributed by atoms with Crippen molar-refractivity contribution in [2.75, 3.05) is 22.9 Å². The summed E-state index contributed by atoms with van der Waals surface area (Å²) in [7, 11) is 0. The quantitative estimate of drug-likeness (QED) is 0.125. The van der Waals surface area contributed by atoms with Gasteiger partial charge in [-0.05, 0) is 182 Å². The molecule has 20 heteroatoms. The summed E-state index contributed by atoms with van der Waals surface area (Å²) in [6.07, 6.45) is -1.23. The number of amides is 2. The van der Waals surface area contributed by atoms with Gasteiger partial charge in [0, 0.05) is 27.9 Å². The van der Waals surface area contributed by atoms with Crippen molar-refractivity contribution >= 4 is 232 Å². The van der Waals surface area contributed by atoms with Gasteiger partial charge in [-0.2, -0.15) is 0 Å². The lowest BCUT2D eigenvalue weighted by atomic mass is 10.1. The van der Waals surface area contributed by atoms with E-state index in [2.05, 4.69) is 0 Å². The minimum absolute atomic E-state index is 0.0579. The molecule has 0 radical (unpaired) electrons. The minimum Gasteiger partial charge on any atom is -0.459 e. The number of hydrogen-bond acceptors (Lipinski definition) is 8. The fraction of sp³-hybridized carbons (Fsp3) is 0.240. The van der Waals surface area contributed by atoms with Gasteiger partial charge in [-0.25, -0.2) is 0 Å². The van der Waals surface area contributed by atoms with Crippen molar-refractivity contribution in [3.8, 4) is 0 Å². The van der Waals surface area contributed by atoms with E-state index < -0.39 is 44.9 Å². The average Bonchev–Trinajstić information content (AvgIpc) is 2.85. The zero-order valence-corrected chi connectivity index (χ0v) is 38.4. The lowest BCUT2D eigenvalue weighted by Gasteiger charge is -2.33. The van der Waals surface area contributed by atoms with Crippen LogP contribution in [0, 0.1) is 21.4 Å². The normalized spacial score (nSPS) is 10.9. The van der Waals surface area contributed by atoms with Crippen LogP contribution in [0.15, 0.2) is 0 Å². The molecule has 10 nitrogen and oxygen atoms in total. The van der Waals surface area contributed by atoms with E-state index in [1.165, 1.54) is 23.6 Å². The predicted octanol–water partition coefficient (Wildman–Crippen LogP) is 8.17. The average molecular weight is 1370 g/mol. The third-order valence-electron chi connectivity index (χ3n) is 5.78. The fourth-order valence-corrected chi connectivity index (χ4v) is 15.5. The first-order chi connectivity index (χ1) is 20.7. The van der Waals surface area contributed by atoms with Gasteiger partial charge in [-0.1, -0.05) is 0 Å². The molecular weight excluding hydrogens is 1360 g/mol. The number of anilines is 2. The monoisotopic (exact) mass is 1370 g/mol. The Labute approximate surface area is 358 Å². The van der Waals surface area contributed by atoms with Crippen molar-refractivity contribution in [1.82, 2.24) is 0 Å². The third-order valence-corrected chi connectivity index (χ3v) is 12.9. The van der Waals surface area contributed by atoms with Gasteiger partial charge >= 0.3 is 5.97 Å². The lowest BCUT2D eigenvalue weighted by Crippen LogP contribution is -2.46. The van der Waals surface area contributed by atoms with Gasteiger partial charge in [0.25, 0.3) is 21.0 Å². The number of ether oxygens (including phenoxy) is 1. The second kappa shape index (κ2) is 17.8. The molecule has 0 unspecified atom stereocenters. The molecule has 2 amide bonds. The van der Waals surface area contributed by atoms with Crippen LogP contribution in [0.1, 0.15) is 62.2 Å². The van der Waals surface area contributed by atoms with Crippen LogP contribution >= 0.6 is 182 Å². The van der Waals surface area contributed by atoms with Gasteiger partial charge < -0.3 is 14.5 Å². The van der Waals surface area contributed by atoms with Gasteiger partial charge in [0.05, 0.1) is 61.0 Å². The van der Waals surface area contributed by atoms with E-state index in [1.807, 2.05) is 90.4 Å². The minimum atomic E-state index is -1.23. The Hall–Kier alpha value is 1.07. The molecule has 0 aliphatic rings. The summed E-state index contributed by atoms with van der Waals surface area (Å²) in [5.41, 5.74) is -0.0240. The van der Waals surface area contributed by atoms with E-state index in [9.17, 15) is 33.6 Å². The largest absolute Gasteiger partial charge is 0.459 e. The molecular formula is C25H14Cl4I6N2O8. The molecule has 0 aliphatic heterocycles. The van der Waals surface area contributed by atoms with Gasteiger partial charge in [-0.15, -0.1) is 0 Å². The molecule has 0 atom stereocenters. The molecule has 2 aromatic rings. The number of carbonyl (C=O) groups excluding carboxylic acids is 7. The summed E-state index contributed by atoms with van der Waals surface area (Å²) in [6.45, 7) is 2.80. The second-order valence-electron chi connectivity index (χ2n) is 8.67. The topological polar surface area (TPSA) is 135 Å². The summed E-state index contributed by atoms with van der Waals surface area (Å²) in [5, 5.41) is -3.61. The first-order valence-electron chi connectivity index (χ1n) is 11.6. The summed E-state index contributed by atoms with van der Waals surface area (Å²) in [5.74, 6) is -1.92. The van der Waals surface area contributed by atoms with Crippen LogP contribution in [0.5, 0.6) is 0 Å². The van der Waals surface area contributed by atoms with E-state index >= 15 is 0 Å². The van der Waals surface area contributed by atoms with E-state index in [1.54, 1.807) is 45.2 Å². The summed E-state index contributed by atoms with van der Waals surface area (Å²) >= 11 is 34.3. The Morgan fingerprint density at radius 1 is 0.533 bits per heavy atom. The zero-order chi connectivity index (χ0) is 34.8. The van der Waals surface area contributed by atoms with Crippen LogP contribution in [0.3, 0.4) is 0 Å². The summed E-state index contributed by atoms with van der Waals surface area (Å²) < 4.78 is 6.82. The Balaban J connectivity index is 2.87. The molecule has 0 N–H and O–H groups in total. The molecule has 0 spiro atoms. The van der Waals surface area contributed by atoms with Crippen molar-refractivity contribution in [1.29, 1.82) is 0 Å². The maximum absolute atomic E-state index is 13.1. The first-order valence-corrected chi connectivity index (χ1v) is 19.6. The molecule has 0 fully saturated rings. The van der Waals surface area contributed by atoms with Gasteiger partial charge in [-0.3, -0.25) is 33.6 Å². The molecule has 2 rings (SSSR count). The fourth-order valence-electron chi connectivity index (χ4n) is 3.99. The Bertz CT molecular complexity index is 1490. The van der Waals surface area contributed by atoms with Crippen molar-refractivity contribution in [3.05, 3.63) is 43.7 Å². The number of nitrogens with zero attached hydrogens (tertiary/aromatic N) is 2. The highest BCUT2D eigenvalue weighted by Gasteiger charge is 2.35. The Morgan fingerprint density at radius 3 is 0.956 bits per heavy atom. The van der Waals surface area contributed by atoms with Gasteiger partial charge in [0.1, 0.15) is 6.10 Å². The maximum atomic E-state index is 13.1. The SMILES string of the molecule is CC(=O)OC(CN(C(C)=O)c1c(I)c(C(=O)Cl)c(I)c(C(=O)Cl)c1I)CN(C(C)=O)c1c(I)c(C(=O)Cl)c(I)c(C(=O)Cl)c1I. The number of benzene rings is 2. The summed E-state index contributed by atoms with van der Waals surface area (Å²) in [4.78, 5) is 90.6. The highest BCUT2D eigenvalue weighted by Crippen LogP contribution is 2.41. The van der Waals surface area contributed by atoms with Crippen LogP contribution < -0.4 is 9.80 Å². The predicted molar refractivity (Wildman–Crippen MR) is 222 cm³/mol. The highest BCUT2D eigenvalue weighted by molar-refractivity contribution is 14.1. The standard InChI is InChI=1S/C25H14Cl4I6N2O8/c1-6(38)36(20-16(32)10(22(26)41)14(30)11(17(20)33)23(27)42)4-9(45-8(3)40)5-37(7(2)39)21-18(34)12(24(28)43)15(31)13(19(21)35)25(29)44/h9H,4-5H2,1-3H3. The molecule has 0 saturated carbocycles. The van der Waals surface area contributed by atoms with Gasteiger partial charge in [0.15, 0.2) is 0 Å². The van der Waals surface area contributed by atoms with Gasteiger partial charge in [0.2, 0.25) is 11.8 Å². The molecule has 0 saturated heterocycles. The summed E-state index contributed by atoms with van der Waals surface area (Å²) in [6, 6.07) is 0.